The number of hydrogen-bond donors (Lipinski definition) is 0. The van der Waals surface area contributed by atoms with Gasteiger partial charge in [-0.3, -0.25) is 4.98 Å². The first-order chi connectivity index (χ1) is 7.56. The van der Waals surface area contributed by atoms with Gasteiger partial charge in [0.1, 0.15) is 11.6 Å². The smallest absolute Gasteiger partial charge is 0.134 e. The fourth-order valence-corrected chi connectivity index (χ4v) is 1.75. The van der Waals surface area contributed by atoms with Crippen molar-refractivity contribution in [2.24, 2.45) is 0 Å². The van der Waals surface area contributed by atoms with Gasteiger partial charge in [0.2, 0.25) is 0 Å². The number of benzene rings is 1. The highest BCUT2D eigenvalue weighted by Gasteiger charge is 2.09. The first kappa shape index (κ1) is 11.3. The quantitative estimate of drug-likeness (QED) is 0.750. The summed E-state index contributed by atoms with van der Waals surface area (Å²) in [7, 11) is 0. The SMILES string of the molecule is Fc1[c]c(F)cc(-c2ncc(Cl)cc2Cl)c1. The Bertz CT molecular complexity index is 523. The average molecular weight is 259 g/mol. The van der Waals surface area contributed by atoms with Crippen molar-refractivity contribution in [1.29, 1.82) is 0 Å². The van der Waals surface area contributed by atoms with Gasteiger partial charge in [0, 0.05) is 11.8 Å². The maximum atomic E-state index is 12.9. The van der Waals surface area contributed by atoms with Crippen molar-refractivity contribution in [3.63, 3.8) is 0 Å². The van der Waals surface area contributed by atoms with Gasteiger partial charge in [-0.05, 0) is 18.2 Å². The van der Waals surface area contributed by atoms with Crippen molar-refractivity contribution in [2.75, 3.05) is 0 Å². The van der Waals surface area contributed by atoms with E-state index in [0.717, 1.165) is 12.1 Å². The summed E-state index contributed by atoms with van der Waals surface area (Å²) in [6.07, 6.45) is 1.36. The molecule has 1 nitrogen and oxygen atoms in total. The third-order valence-corrected chi connectivity index (χ3v) is 2.38. The monoisotopic (exact) mass is 258 g/mol. The molecular weight excluding hydrogens is 255 g/mol. The van der Waals surface area contributed by atoms with Crippen LogP contribution in [-0.2, 0) is 0 Å². The van der Waals surface area contributed by atoms with E-state index in [1.165, 1.54) is 12.3 Å². The lowest BCUT2D eigenvalue weighted by Gasteiger charge is -2.04. The van der Waals surface area contributed by atoms with Crippen LogP contribution in [0.25, 0.3) is 11.3 Å². The van der Waals surface area contributed by atoms with E-state index in [1.54, 1.807) is 0 Å². The molecule has 16 heavy (non-hydrogen) atoms. The fraction of sp³-hybridized carbons (Fsp3) is 0. The van der Waals surface area contributed by atoms with Crippen molar-refractivity contribution in [3.05, 3.63) is 52.1 Å². The number of pyridine rings is 1. The van der Waals surface area contributed by atoms with Crippen molar-refractivity contribution in [3.8, 4) is 11.3 Å². The molecule has 1 aromatic heterocycles. The predicted octanol–water partition coefficient (Wildman–Crippen LogP) is 4.13. The molecule has 0 aliphatic carbocycles. The molecule has 0 atom stereocenters. The summed E-state index contributed by atoms with van der Waals surface area (Å²) in [4.78, 5) is 3.92. The van der Waals surface area contributed by atoms with Crippen molar-refractivity contribution in [2.45, 2.75) is 0 Å². The van der Waals surface area contributed by atoms with E-state index in [0.29, 0.717) is 5.02 Å². The Labute approximate surface area is 101 Å². The second kappa shape index (κ2) is 4.36. The molecule has 0 unspecified atom stereocenters. The molecule has 0 amide bonds. The molecule has 0 saturated heterocycles. The summed E-state index contributed by atoms with van der Waals surface area (Å²) in [5.41, 5.74) is 0.522. The van der Waals surface area contributed by atoms with Crippen LogP contribution in [0.15, 0.2) is 24.4 Å². The number of hydrogen-bond acceptors (Lipinski definition) is 1. The van der Waals surface area contributed by atoms with E-state index in [9.17, 15) is 8.78 Å². The number of nitrogens with zero attached hydrogens (tertiary/aromatic N) is 1. The van der Waals surface area contributed by atoms with E-state index in [-0.39, 0.29) is 16.3 Å². The molecule has 2 aromatic rings. The van der Waals surface area contributed by atoms with Crippen LogP contribution in [0.4, 0.5) is 8.78 Å². The third-order valence-electron chi connectivity index (χ3n) is 1.88. The highest BCUT2D eigenvalue weighted by molar-refractivity contribution is 6.36. The summed E-state index contributed by atoms with van der Waals surface area (Å²) in [6, 6.07) is 5.54. The number of halogens is 4. The molecule has 1 aromatic carbocycles. The third kappa shape index (κ3) is 2.31. The van der Waals surface area contributed by atoms with Crippen molar-refractivity contribution < 1.29 is 8.78 Å². The molecule has 0 bridgehead atoms. The number of aromatic nitrogens is 1. The van der Waals surface area contributed by atoms with E-state index >= 15 is 0 Å². The van der Waals surface area contributed by atoms with Crippen molar-refractivity contribution >= 4 is 23.2 Å². The van der Waals surface area contributed by atoms with Crippen LogP contribution in [0.1, 0.15) is 0 Å². The molecule has 2 rings (SSSR count). The zero-order valence-electron chi connectivity index (χ0n) is 7.77. The zero-order chi connectivity index (χ0) is 11.7. The van der Waals surface area contributed by atoms with Crippen LogP contribution < -0.4 is 0 Å². The molecule has 1 radical (unpaired) electrons. The minimum atomic E-state index is -0.803. The second-order valence-corrected chi connectivity index (χ2v) is 3.89. The van der Waals surface area contributed by atoms with Gasteiger partial charge in [-0.2, -0.15) is 0 Å². The second-order valence-electron chi connectivity index (χ2n) is 3.05. The summed E-state index contributed by atoms with van der Waals surface area (Å²) in [5, 5.41) is 0.592. The largest absolute Gasteiger partial charge is 0.253 e. The Hall–Kier alpha value is -1.19. The highest BCUT2D eigenvalue weighted by atomic mass is 35.5. The van der Waals surface area contributed by atoms with Gasteiger partial charge in [0.15, 0.2) is 0 Å². The predicted molar refractivity (Wildman–Crippen MR) is 58.4 cm³/mol. The molecule has 1 heterocycles. The molecule has 81 valence electrons. The minimum absolute atomic E-state index is 0.234. The Kier molecular flexibility index (Phi) is 3.08. The molecule has 0 aliphatic heterocycles. The molecule has 0 N–H and O–H groups in total. The maximum Gasteiger partial charge on any atom is 0.134 e. The van der Waals surface area contributed by atoms with E-state index in [2.05, 4.69) is 4.98 Å². The summed E-state index contributed by atoms with van der Waals surface area (Å²) in [5.74, 6) is -1.61. The van der Waals surface area contributed by atoms with Crippen LogP contribution in [0.2, 0.25) is 10.0 Å². The van der Waals surface area contributed by atoms with Crippen LogP contribution in [0.5, 0.6) is 0 Å². The Morgan fingerprint density at radius 1 is 1.06 bits per heavy atom. The van der Waals surface area contributed by atoms with Gasteiger partial charge in [-0.25, -0.2) is 8.78 Å². The normalized spacial score (nSPS) is 10.5. The summed E-state index contributed by atoms with van der Waals surface area (Å²) in [6.45, 7) is 0. The molecule has 0 spiro atoms. The fourth-order valence-electron chi connectivity index (χ4n) is 1.26. The first-order valence-electron chi connectivity index (χ1n) is 4.26. The van der Waals surface area contributed by atoms with Crippen molar-refractivity contribution in [1.82, 2.24) is 4.98 Å². The average Bonchev–Trinajstić information content (AvgIpc) is 2.15. The van der Waals surface area contributed by atoms with Crippen LogP contribution in [0, 0.1) is 17.7 Å². The lowest BCUT2D eigenvalue weighted by molar-refractivity contribution is 0.580. The Morgan fingerprint density at radius 2 is 1.69 bits per heavy atom. The summed E-state index contributed by atoms with van der Waals surface area (Å²) >= 11 is 11.5. The van der Waals surface area contributed by atoms with E-state index in [4.69, 9.17) is 23.2 Å². The van der Waals surface area contributed by atoms with Gasteiger partial charge in [-0.15, -0.1) is 0 Å². The summed E-state index contributed by atoms with van der Waals surface area (Å²) < 4.78 is 25.9. The molecular formula is C11H4Cl2F2N. The zero-order valence-corrected chi connectivity index (χ0v) is 9.28. The van der Waals surface area contributed by atoms with Gasteiger partial charge in [0.05, 0.1) is 21.8 Å². The molecule has 5 heteroatoms. The molecule has 0 fully saturated rings. The standard InChI is InChI=1S/C11H4Cl2F2N/c12-7-3-10(13)11(16-5-7)6-1-8(14)4-9(15)2-6/h1-3,5H. The van der Waals surface area contributed by atoms with Gasteiger partial charge in [0.25, 0.3) is 0 Å². The van der Waals surface area contributed by atoms with Gasteiger partial charge in [-0.1, -0.05) is 23.2 Å². The first-order valence-corrected chi connectivity index (χ1v) is 5.01. The topological polar surface area (TPSA) is 12.9 Å². The maximum absolute atomic E-state index is 12.9. The van der Waals surface area contributed by atoms with Crippen LogP contribution >= 0.6 is 23.2 Å². The van der Waals surface area contributed by atoms with E-state index < -0.39 is 11.6 Å². The van der Waals surface area contributed by atoms with Crippen LogP contribution in [0.3, 0.4) is 0 Å². The Morgan fingerprint density at radius 3 is 2.25 bits per heavy atom. The highest BCUT2D eigenvalue weighted by Crippen LogP contribution is 2.28. The molecule has 0 aliphatic rings. The lowest BCUT2D eigenvalue weighted by Crippen LogP contribution is -1.88. The van der Waals surface area contributed by atoms with Crippen LogP contribution in [-0.4, -0.2) is 4.98 Å². The van der Waals surface area contributed by atoms with Gasteiger partial charge < -0.3 is 0 Å². The van der Waals surface area contributed by atoms with Gasteiger partial charge >= 0.3 is 0 Å². The van der Waals surface area contributed by atoms with E-state index in [1.807, 2.05) is 6.07 Å². The minimum Gasteiger partial charge on any atom is -0.253 e. The Balaban J connectivity index is 2.58. The molecule has 0 saturated carbocycles. The lowest BCUT2D eigenvalue weighted by atomic mass is 10.1. The number of rotatable bonds is 1.